The van der Waals surface area contributed by atoms with Crippen LogP contribution in [-0.4, -0.2) is 19.6 Å². The summed E-state index contributed by atoms with van der Waals surface area (Å²) < 4.78 is 14.8. The topological polar surface area (TPSA) is 95.6 Å². The van der Waals surface area contributed by atoms with Crippen LogP contribution >= 0.6 is 0 Å². The van der Waals surface area contributed by atoms with Crippen molar-refractivity contribution in [2.75, 3.05) is 0 Å². The summed E-state index contributed by atoms with van der Waals surface area (Å²) in [6.45, 7) is 2.02. The largest absolute Gasteiger partial charge is 0.493 e. The number of para-hydroxylation sites is 1. The molecule has 2 N–H and O–H groups in total. The van der Waals surface area contributed by atoms with Crippen molar-refractivity contribution in [2.24, 2.45) is 10.2 Å². The summed E-state index contributed by atoms with van der Waals surface area (Å²) in [6.07, 6.45) is 0. The van der Waals surface area contributed by atoms with Gasteiger partial charge >= 0.3 is 0 Å². The van der Waals surface area contributed by atoms with E-state index in [1.165, 1.54) is 18.2 Å². The van der Waals surface area contributed by atoms with E-state index in [1.807, 2.05) is 24.3 Å². The van der Waals surface area contributed by atoms with Gasteiger partial charge in [0, 0.05) is 17.1 Å². The van der Waals surface area contributed by atoms with Gasteiger partial charge in [0.25, 0.3) is 5.56 Å². The molecule has 0 spiro atoms. The molecule has 0 saturated heterocycles. The molecule has 28 heavy (non-hydrogen) atoms. The summed E-state index contributed by atoms with van der Waals surface area (Å²) in [6, 6.07) is 14.8. The molecule has 0 aliphatic rings. The molecule has 140 valence electrons. The molecule has 4 aromatic rings. The number of rotatable bonds is 4. The Bertz CT molecular complexity index is 1240. The van der Waals surface area contributed by atoms with Crippen LogP contribution in [0.4, 0.5) is 16.0 Å². The first-order valence-electron chi connectivity index (χ1n) is 8.55. The Morgan fingerprint density at radius 2 is 1.89 bits per heavy atom. The van der Waals surface area contributed by atoms with Crippen LogP contribution in [0.15, 0.2) is 69.6 Å². The van der Waals surface area contributed by atoms with Gasteiger partial charge in [0.2, 0.25) is 11.8 Å². The lowest BCUT2D eigenvalue weighted by Gasteiger charge is -2.07. The van der Waals surface area contributed by atoms with E-state index in [9.17, 15) is 14.3 Å². The summed E-state index contributed by atoms with van der Waals surface area (Å²) in [5.41, 5.74) is 2.03. The van der Waals surface area contributed by atoms with Crippen molar-refractivity contribution in [3.63, 3.8) is 0 Å². The average molecular weight is 377 g/mol. The minimum Gasteiger partial charge on any atom is -0.493 e. The highest BCUT2D eigenvalue weighted by Crippen LogP contribution is 2.39. The second-order valence-corrected chi connectivity index (χ2v) is 6.31. The van der Waals surface area contributed by atoms with Gasteiger partial charge in [-0.2, -0.15) is 0 Å². The van der Waals surface area contributed by atoms with Crippen molar-refractivity contribution >= 4 is 22.5 Å². The number of nitrogens with one attached hydrogen (secondary N) is 1. The van der Waals surface area contributed by atoms with Gasteiger partial charge in [-0.25, -0.2) is 9.37 Å². The summed E-state index contributed by atoms with van der Waals surface area (Å²) in [7, 11) is 0. The van der Waals surface area contributed by atoms with E-state index in [1.54, 1.807) is 23.6 Å². The van der Waals surface area contributed by atoms with Crippen molar-refractivity contribution in [3.8, 4) is 5.88 Å². The molecule has 2 aromatic heterocycles. The third-order valence-electron chi connectivity index (χ3n) is 4.27. The van der Waals surface area contributed by atoms with Crippen LogP contribution < -0.4 is 5.56 Å². The van der Waals surface area contributed by atoms with Gasteiger partial charge in [0.15, 0.2) is 5.69 Å². The van der Waals surface area contributed by atoms with Crippen molar-refractivity contribution < 1.29 is 9.50 Å². The van der Waals surface area contributed by atoms with Crippen LogP contribution in [-0.2, 0) is 6.54 Å². The van der Waals surface area contributed by atoms with Crippen LogP contribution in [0.3, 0.4) is 0 Å². The number of aromatic amines is 1. The number of hydrogen-bond acceptors (Lipinski definition) is 5. The molecule has 0 aliphatic carbocycles. The zero-order chi connectivity index (χ0) is 19.7. The summed E-state index contributed by atoms with van der Waals surface area (Å²) in [5.74, 6) is -0.344. The van der Waals surface area contributed by atoms with E-state index in [2.05, 4.69) is 20.2 Å². The smallest absolute Gasteiger partial charge is 0.252 e. The number of halogens is 1. The first-order chi connectivity index (χ1) is 13.5. The van der Waals surface area contributed by atoms with Crippen molar-refractivity contribution in [3.05, 3.63) is 82.0 Å². The van der Waals surface area contributed by atoms with Gasteiger partial charge in [0.05, 0.1) is 12.1 Å². The molecule has 7 nitrogen and oxygen atoms in total. The third-order valence-corrected chi connectivity index (χ3v) is 4.27. The fraction of sp³-hybridized carbons (Fsp3) is 0.100. The molecule has 0 radical (unpaired) electrons. The zero-order valence-electron chi connectivity index (χ0n) is 14.9. The predicted octanol–water partition coefficient (Wildman–Crippen LogP) is 4.34. The van der Waals surface area contributed by atoms with Crippen molar-refractivity contribution in [1.82, 2.24) is 14.5 Å². The van der Waals surface area contributed by atoms with Gasteiger partial charge in [-0.15, -0.1) is 10.2 Å². The standard InChI is InChI=1S/C20H16FN5O2/c1-12-10-17(27)23-20(22-12)25-24-18-15-4-2-3-5-16(15)26(19(18)28)11-13-6-8-14(21)9-7-13/h2-10,28H,11H2,1H3,(H,22,23,27). The Morgan fingerprint density at radius 3 is 2.64 bits per heavy atom. The molecule has 2 aromatic carbocycles. The highest BCUT2D eigenvalue weighted by atomic mass is 19.1. The highest BCUT2D eigenvalue weighted by molar-refractivity contribution is 5.95. The summed E-state index contributed by atoms with van der Waals surface area (Å²) in [4.78, 5) is 18.1. The monoisotopic (exact) mass is 377 g/mol. The first-order valence-corrected chi connectivity index (χ1v) is 8.55. The van der Waals surface area contributed by atoms with Crippen molar-refractivity contribution in [2.45, 2.75) is 13.5 Å². The highest BCUT2D eigenvalue weighted by Gasteiger charge is 2.16. The van der Waals surface area contributed by atoms with Crippen LogP contribution in [0, 0.1) is 12.7 Å². The summed E-state index contributed by atoms with van der Waals surface area (Å²) >= 11 is 0. The second-order valence-electron chi connectivity index (χ2n) is 6.31. The van der Waals surface area contributed by atoms with Gasteiger partial charge in [-0.05, 0) is 30.7 Å². The predicted molar refractivity (Wildman–Crippen MR) is 103 cm³/mol. The Morgan fingerprint density at radius 1 is 1.14 bits per heavy atom. The second kappa shape index (κ2) is 7.07. The van der Waals surface area contributed by atoms with E-state index in [0.29, 0.717) is 17.6 Å². The number of aromatic nitrogens is 3. The number of aromatic hydroxyl groups is 1. The lowest BCUT2D eigenvalue weighted by atomic mass is 10.2. The number of hydrogen-bond donors (Lipinski definition) is 2. The molecule has 0 bridgehead atoms. The molecular weight excluding hydrogens is 361 g/mol. The van der Waals surface area contributed by atoms with E-state index >= 15 is 0 Å². The molecule has 2 heterocycles. The van der Waals surface area contributed by atoms with E-state index in [4.69, 9.17) is 0 Å². The first kappa shape index (κ1) is 17.6. The minimum absolute atomic E-state index is 0.0553. The maximum atomic E-state index is 13.2. The number of fused-ring (bicyclic) bond motifs is 1. The Labute approximate surface area is 158 Å². The maximum absolute atomic E-state index is 13.2. The summed E-state index contributed by atoms with van der Waals surface area (Å²) in [5, 5.41) is 19.6. The Hall–Kier alpha value is -3.81. The average Bonchev–Trinajstić information content (AvgIpc) is 2.93. The number of azo groups is 1. The minimum atomic E-state index is -0.329. The lowest BCUT2D eigenvalue weighted by Crippen LogP contribution is -2.05. The fourth-order valence-corrected chi connectivity index (χ4v) is 3.01. The Kier molecular flexibility index (Phi) is 4.44. The maximum Gasteiger partial charge on any atom is 0.252 e. The molecule has 0 atom stereocenters. The van der Waals surface area contributed by atoms with Gasteiger partial charge in [-0.1, -0.05) is 30.3 Å². The third kappa shape index (κ3) is 3.39. The molecule has 0 saturated carbocycles. The number of benzene rings is 2. The Balaban J connectivity index is 1.78. The van der Waals surface area contributed by atoms with Gasteiger partial charge in [-0.3, -0.25) is 9.78 Å². The van der Waals surface area contributed by atoms with Crippen LogP contribution in [0.2, 0.25) is 0 Å². The number of H-pyrrole nitrogens is 1. The molecule has 0 unspecified atom stereocenters. The molecule has 0 aliphatic heterocycles. The molecule has 8 heteroatoms. The lowest BCUT2D eigenvalue weighted by molar-refractivity contribution is 0.429. The van der Waals surface area contributed by atoms with Crippen molar-refractivity contribution in [1.29, 1.82) is 0 Å². The molecule has 4 rings (SSSR count). The van der Waals surface area contributed by atoms with Crippen LogP contribution in [0.25, 0.3) is 10.9 Å². The number of aryl methyl sites for hydroxylation is 1. The fourth-order valence-electron chi connectivity index (χ4n) is 3.01. The van der Waals surface area contributed by atoms with Gasteiger partial charge < -0.3 is 9.67 Å². The van der Waals surface area contributed by atoms with Gasteiger partial charge in [0.1, 0.15) is 5.82 Å². The number of nitrogens with zero attached hydrogens (tertiary/aromatic N) is 4. The SMILES string of the molecule is Cc1cc(=O)[nH]c(N=Nc2c(O)n(Cc3ccc(F)cc3)c3ccccc23)n1. The van der Waals surface area contributed by atoms with Crippen LogP contribution in [0.5, 0.6) is 5.88 Å². The van der Waals surface area contributed by atoms with Crippen LogP contribution in [0.1, 0.15) is 11.3 Å². The van der Waals surface area contributed by atoms with E-state index in [0.717, 1.165) is 11.1 Å². The quantitative estimate of drug-likeness (QED) is 0.518. The van der Waals surface area contributed by atoms with E-state index in [-0.39, 0.29) is 28.9 Å². The molecule has 0 fully saturated rings. The molecular formula is C20H16FN5O2. The van der Waals surface area contributed by atoms with E-state index < -0.39 is 0 Å². The zero-order valence-corrected chi connectivity index (χ0v) is 14.9. The normalized spacial score (nSPS) is 11.5. The molecule has 0 amide bonds.